The van der Waals surface area contributed by atoms with Gasteiger partial charge in [-0.25, -0.2) is 0 Å². The van der Waals surface area contributed by atoms with Crippen molar-refractivity contribution in [3.05, 3.63) is 0 Å². The zero-order chi connectivity index (χ0) is 12.0. The van der Waals surface area contributed by atoms with E-state index in [0.29, 0.717) is 0 Å². The van der Waals surface area contributed by atoms with Gasteiger partial charge in [0.15, 0.2) is 0 Å². The van der Waals surface area contributed by atoms with E-state index in [4.69, 9.17) is 15.6 Å². The van der Waals surface area contributed by atoms with E-state index in [1.165, 1.54) is 6.42 Å². The van der Waals surface area contributed by atoms with Crippen LogP contribution in [0.2, 0.25) is 0 Å². The number of aliphatic hydroxyl groups is 1. The molecule has 1 rings (SSSR count). The van der Waals surface area contributed by atoms with Gasteiger partial charge in [0.05, 0.1) is 19.3 Å². The fraction of sp³-hybridized carbons (Fsp3) is 1.00. The third kappa shape index (κ3) is 4.01. The van der Waals surface area contributed by atoms with Gasteiger partial charge < -0.3 is 15.6 Å². The highest BCUT2D eigenvalue weighted by molar-refractivity contribution is 4.82. The number of aliphatic hydroxyl groups excluding tert-OH is 1. The number of nitrogens with zero attached hydrogens (tertiary/aromatic N) is 1. The molecule has 1 saturated heterocycles. The Bertz CT molecular complexity index is 201. The molecule has 2 atom stereocenters. The molecule has 0 aromatic heterocycles. The summed E-state index contributed by atoms with van der Waals surface area (Å²) in [4.78, 5) is 2.37. The van der Waals surface area contributed by atoms with Crippen molar-refractivity contribution in [3.8, 4) is 0 Å². The van der Waals surface area contributed by atoms with Gasteiger partial charge >= 0.3 is 0 Å². The van der Waals surface area contributed by atoms with Gasteiger partial charge in [-0.3, -0.25) is 4.90 Å². The molecular formula is C12H26N2O2. The summed E-state index contributed by atoms with van der Waals surface area (Å²) in [6.07, 6.45) is 2.31. The van der Waals surface area contributed by atoms with E-state index < -0.39 is 0 Å². The summed E-state index contributed by atoms with van der Waals surface area (Å²) < 4.78 is 5.44. The van der Waals surface area contributed by atoms with Gasteiger partial charge in [0.1, 0.15) is 0 Å². The van der Waals surface area contributed by atoms with Crippen LogP contribution in [0.4, 0.5) is 0 Å². The molecule has 96 valence electrons. The van der Waals surface area contributed by atoms with Gasteiger partial charge in [0, 0.05) is 19.6 Å². The molecule has 1 fully saturated rings. The summed E-state index contributed by atoms with van der Waals surface area (Å²) in [6, 6.07) is 0. The molecule has 3 N–H and O–H groups in total. The van der Waals surface area contributed by atoms with E-state index in [1.54, 1.807) is 0 Å². The Kier molecular flexibility index (Phi) is 5.69. The van der Waals surface area contributed by atoms with E-state index >= 15 is 0 Å². The third-order valence-corrected chi connectivity index (χ3v) is 3.38. The molecule has 0 amide bonds. The van der Waals surface area contributed by atoms with Crippen molar-refractivity contribution in [1.82, 2.24) is 4.90 Å². The maximum atomic E-state index is 9.09. The molecule has 0 aromatic carbocycles. The highest BCUT2D eigenvalue weighted by Gasteiger charge is 2.28. The Labute approximate surface area is 98.8 Å². The predicted molar refractivity (Wildman–Crippen MR) is 65.3 cm³/mol. The predicted octanol–water partition coefficient (Wildman–Crippen LogP) is 0.445. The SMILES string of the molecule is CCCC(C)(CN)CN1CCOC(CO)C1. The number of morpholine rings is 1. The van der Waals surface area contributed by atoms with Crippen LogP contribution in [0.25, 0.3) is 0 Å². The Balaban J connectivity index is 2.44. The van der Waals surface area contributed by atoms with Crippen LogP contribution in [0, 0.1) is 5.41 Å². The zero-order valence-corrected chi connectivity index (χ0v) is 10.6. The number of hydrogen-bond donors (Lipinski definition) is 2. The molecule has 1 heterocycles. The van der Waals surface area contributed by atoms with Crippen LogP contribution in [0.3, 0.4) is 0 Å². The minimum atomic E-state index is -0.0163. The quantitative estimate of drug-likeness (QED) is 0.695. The van der Waals surface area contributed by atoms with E-state index in [0.717, 1.165) is 39.2 Å². The first kappa shape index (κ1) is 13.9. The summed E-state index contributed by atoms with van der Waals surface area (Å²) in [6.45, 7) is 8.80. The van der Waals surface area contributed by atoms with Gasteiger partial charge in [0.2, 0.25) is 0 Å². The fourth-order valence-corrected chi connectivity index (χ4v) is 2.42. The van der Waals surface area contributed by atoms with Crippen LogP contribution in [0.1, 0.15) is 26.7 Å². The molecule has 1 aliphatic heterocycles. The molecule has 0 aromatic rings. The number of nitrogens with two attached hydrogens (primary N) is 1. The number of ether oxygens (including phenoxy) is 1. The Morgan fingerprint density at radius 3 is 2.88 bits per heavy atom. The van der Waals surface area contributed by atoms with E-state index in [9.17, 15) is 0 Å². The van der Waals surface area contributed by atoms with E-state index in [-0.39, 0.29) is 18.1 Å². The normalized spacial score (nSPS) is 26.6. The highest BCUT2D eigenvalue weighted by Crippen LogP contribution is 2.24. The van der Waals surface area contributed by atoms with Crippen molar-refractivity contribution in [3.63, 3.8) is 0 Å². The molecular weight excluding hydrogens is 204 g/mol. The Morgan fingerprint density at radius 2 is 2.31 bits per heavy atom. The molecule has 4 nitrogen and oxygen atoms in total. The molecule has 0 radical (unpaired) electrons. The van der Waals surface area contributed by atoms with Gasteiger partial charge in [-0.2, -0.15) is 0 Å². The van der Waals surface area contributed by atoms with Crippen LogP contribution in [0.5, 0.6) is 0 Å². The summed E-state index contributed by atoms with van der Waals surface area (Å²) in [5.74, 6) is 0. The van der Waals surface area contributed by atoms with Gasteiger partial charge in [-0.05, 0) is 18.4 Å². The molecule has 0 saturated carbocycles. The first-order chi connectivity index (χ1) is 7.63. The lowest BCUT2D eigenvalue weighted by Crippen LogP contribution is -2.49. The van der Waals surface area contributed by atoms with Crippen LogP contribution in [0.15, 0.2) is 0 Å². The van der Waals surface area contributed by atoms with Crippen molar-refractivity contribution in [2.45, 2.75) is 32.8 Å². The highest BCUT2D eigenvalue weighted by atomic mass is 16.5. The largest absolute Gasteiger partial charge is 0.394 e. The van der Waals surface area contributed by atoms with Crippen molar-refractivity contribution < 1.29 is 9.84 Å². The average Bonchev–Trinajstić information content (AvgIpc) is 2.29. The minimum Gasteiger partial charge on any atom is -0.394 e. The maximum Gasteiger partial charge on any atom is 0.0932 e. The summed E-state index contributed by atoms with van der Waals surface area (Å²) >= 11 is 0. The molecule has 16 heavy (non-hydrogen) atoms. The molecule has 0 aliphatic carbocycles. The van der Waals surface area contributed by atoms with Crippen molar-refractivity contribution >= 4 is 0 Å². The van der Waals surface area contributed by atoms with Crippen LogP contribution in [-0.4, -0.2) is 55.5 Å². The minimum absolute atomic E-state index is 0.0163. The van der Waals surface area contributed by atoms with Gasteiger partial charge in [0.25, 0.3) is 0 Å². The number of hydrogen-bond acceptors (Lipinski definition) is 4. The average molecular weight is 230 g/mol. The summed E-state index contributed by atoms with van der Waals surface area (Å²) in [7, 11) is 0. The van der Waals surface area contributed by atoms with Crippen molar-refractivity contribution in [2.24, 2.45) is 11.1 Å². The van der Waals surface area contributed by atoms with E-state index in [2.05, 4.69) is 18.7 Å². The van der Waals surface area contributed by atoms with Gasteiger partial charge in [-0.15, -0.1) is 0 Å². The lowest BCUT2D eigenvalue weighted by atomic mass is 9.85. The summed E-state index contributed by atoms with van der Waals surface area (Å²) in [5.41, 5.74) is 6.07. The van der Waals surface area contributed by atoms with Crippen LogP contribution >= 0.6 is 0 Å². The van der Waals surface area contributed by atoms with Crippen LogP contribution in [-0.2, 0) is 4.74 Å². The molecule has 4 heteroatoms. The number of rotatable bonds is 6. The first-order valence-electron chi connectivity index (χ1n) is 6.28. The topological polar surface area (TPSA) is 58.7 Å². The smallest absolute Gasteiger partial charge is 0.0932 e. The second-order valence-corrected chi connectivity index (χ2v) is 5.18. The monoisotopic (exact) mass is 230 g/mol. The second kappa shape index (κ2) is 6.55. The van der Waals surface area contributed by atoms with Crippen molar-refractivity contribution in [2.75, 3.05) is 39.4 Å². The van der Waals surface area contributed by atoms with E-state index in [1.807, 2.05) is 0 Å². The first-order valence-corrected chi connectivity index (χ1v) is 6.28. The molecule has 0 spiro atoms. The molecule has 2 unspecified atom stereocenters. The van der Waals surface area contributed by atoms with Gasteiger partial charge in [-0.1, -0.05) is 20.3 Å². The Hall–Kier alpha value is -0.160. The standard InChI is InChI=1S/C12H26N2O2/c1-3-4-12(2,9-13)10-14-5-6-16-11(7-14)8-15/h11,15H,3-10,13H2,1-2H3. The Morgan fingerprint density at radius 1 is 1.56 bits per heavy atom. The third-order valence-electron chi connectivity index (χ3n) is 3.38. The fourth-order valence-electron chi connectivity index (χ4n) is 2.42. The lowest BCUT2D eigenvalue weighted by Gasteiger charge is -2.38. The lowest BCUT2D eigenvalue weighted by molar-refractivity contribution is -0.0615. The summed E-state index contributed by atoms with van der Waals surface area (Å²) in [5, 5.41) is 9.09. The van der Waals surface area contributed by atoms with Crippen LogP contribution < -0.4 is 5.73 Å². The maximum absolute atomic E-state index is 9.09. The molecule has 1 aliphatic rings. The second-order valence-electron chi connectivity index (χ2n) is 5.18. The zero-order valence-electron chi connectivity index (χ0n) is 10.6. The van der Waals surface area contributed by atoms with Crippen molar-refractivity contribution in [1.29, 1.82) is 0 Å². The molecule has 0 bridgehead atoms.